The van der Waals surface area contributed by atoms with Crippen molar-refractivity contribution in [3.8, 4) is 6.07 Å². The monoisotopic (exact) mass is 334 g/mol. The molecule has 0 heterocycles. The van der Waals surface area contributed by atoms with E-state index >= 15 is 0 Å². The Kier molecular flexibility index (Phi) is 3.99. The Morgan fingerprint density at radius 1 is 1.06 bits per heavy atom. The fourth-order valence-electron chi connectivity index (χ4n) is 1.57. The summed E-state index contributed by atoms with van der Waals surface area (Å²) in [5, 5.41) is 12.1. The normalized spacial score (nSPS) is 9.65. The van der Waals surface area contributed by atoms with Crippen LogP contribution in [0.15, 0.2) is 48.5 Å². The number of benzene rings is 2. The standard InChI is InChI=1S/C14H11IN2/c15-12-5-7-13(8-6-12)17-14-4-2-1-3-11(14)9-10-16/h1-8,17H,9H2. The molecule has 0 saturated carbocycles. The summed E-state index contributed by atoms with van der Waals surface area (Å²) in [7, 11) is 0. The summed E-state index contributed by atoms with van der Waals surface area (Å²) in [6.45, 7) is 0. The summed E-state index contributed by atoms with van der Waals surface area (Å²) in [6, 6.07) is 18.2. The van der Waals surface area contributed by atoms with Crippen molar-refractivity contribution in [2.45, 2.75) is 6.42 Å². The van der Waals surface area contributed by atoms with E-state index in [0.29, 0.717) is 6.42 Å². The van der Waals surface area contributed by atoms with Crippen molar-refractivity contribution < 1.29 is 0 Å². The Labute approximate surface area is 114 Å². The van der Waals surface area contributed by atoms with Crippen molar-refractivity contribution in [2.24, 2.45) is 0 Å². The number of rotatable bonds is 3. The SMILES string of the molecule is N#CCc1ccccc1Nc1ccc(I)cc1. The number of anilines is 2. The maximum absolute atomic E-state index is 8.77. The molecule has 2 nitrogen and oxygen atoms in total. The van der Waals surface area contributed by atoms with Crippen LogP contribution in [0.2, 0.25) is 0 Å². The summed E-state index contributed by atoms with van der Waals surface area (Å²) < 4.78 is 1.21. The molecule has 17 heavy (non-hydrogen) atoms. The molecule has 0 amide bonds. The fourth-order valence-corrected chi connectivity index (χ4v) is 1.93. The fraction of sp³-hybridized carbons (Fsp3) is 0.0714. The van der Waals surface area contributed by atoms with Gasteiger partial charge < -0.3 is 5.32 Å². The lowest BCUT2D eigenvalue weighted by Gasteiger charge is -2.10. The molecule has 2 rings (SSSR count). The summed E-state index contributed by atoms with van der Waals surface area (Å²) >= 11 is 2.28. The Morgan fingerprint density at radius 3 is 2.47 bits per heavy atom. The third-order valence-electron chi connectivity index (χ3n) is 2.41. The molecule has 0 aromatic heterocycles. The highest BCUT2D eigenvalue weighted by atomic mass is 127. The third kappa shape index (κ3) is 3.21. The van der Waals surface area contributed by atoms with Crippen LogP contribution in [-0.4, -0.2) is 0 Å². The highest BCUT2D eigenvalue weighted by Gasteiger charge is 2.01. The van der Waals surface area contributed by atoms with Gasteiger partial charge in [-0.15, -0.1) is 0 Å². The lowest BCUT2D eigenvalue weighted by atomic mass is 10.1. The van der Waals surface area contributed by atoms with Crippen molar-refractivity contribution in [2.75, 3.05) is 5.32 Å². The molecule has 0 radical (unpaired) electrons. The predicted molar refractivity (Wildman–Crippen MR) is 78.2 cm³/mol. The highest BCUT2D eigenvalue weighted by Crippen LogP contribution is 2.21. The summed E-state index contributed by atoms with van der Waals surface area (Å²) in [5.74, 6) is 0. The lowest BCUT2D eigenvalue weighted by Crippen LogP contribution is -1.95. The van der Waals surface area contributed by atoms with Crippen molar-refractivity contribution in [3.05, 3.63) is 57.7 Å². The lowest BCUT2D eigenvalue weighted by molar-refractivity contribution is 1.26. The van der Waals surface area contributed by atoms with Gasteiger partial charge in [-0.2, -0.15) is 5.26 Å². The second-order valence-corrected chi connectivity index (χ2v) is 4.87. The average molecular weight is 334 g/mol. The number of nitriles is 1. The number of hydrogen-bond acceptors (Lipinski definition) is 2. The first-order valence-electron chi connectivity index (χ1n) is 5.27. The Balaban J connectivity index is 2.24. The molecule has 1 N–H and O–H groups in total. The summed E-state index contributed by atoms with van der Waals surface area (Å²) in [4.78, 5) is 0. The van der Waals surface area contributed by atoms with Crippen LogP contribution in [0.5, 0.6) is 0 Å². The van der Waals surface area contributed by atoms with Gasteiger partial charge in [0.1, 0.15) is 0 Å². The number of hydrogen-bond donors (Lipinski definition) is 1. The van der Waals surface area contributed by atoms with E-state index in [2.05, 4.69) is 46.1 Å². The van der Waals surface area contributed by atoms with Gasteiger partial charge in [-0.05, 0) is 58.5 Å². The minimum Gasteiger partial charge on any atom is -0.355 e. The Morgan fingerprint density at radius 2 is 1.76 bits per heavy atom. The quantitative estimate of drug-likeness (QED) is 0.858. The van der Waals surface area contributed by atoms with E-state index in [1.807, 2.05) is 36.4 Å². The molecule has 3 heteroatoms. The van der Waals surface area contributed by atoms with Gasteiger partial charge in [0.05, 0.1) is 12.5 Å². The second kappa shape index (κ2) is 5.69. The van der Waals surface area contributed by atoms with E-state index < -0.39 is 0 Å². The number of nitrogens with zero attached hydrogens (tertiary/aromatic N) is 1. The Hall–Kier alpha value is -1.54. The predicted octanol–water partition coefficient (Wildman–Crippen LogP) is 4.10. The molecule has 84 valence electrons. The average Bonchev–Trinajstić information content (AvgIpc) is 2.35. The van der Waals surface area contributed by atoms with E-state index in [4.69, 9.17) is 5.26 Å². The van der Waals surface area contributed by atoms with Gasteiger partial charge >= 0.3 is 0 Å². The number of para-hydroxylation sites is 1. The van der Waals surface area contributed by atoms with E-state index in [0.717, 1.165) is 16.9 Å². The van der Waals surface area contributed by atoms with Crippen LogP contribution >= 0.6 is 22.6 Å². The van der Waals surface area contributed by atoms with Gasteiger partial charge in [0, 0.05) is 14.9 Å². The zero-order valence-corrected chi connectivity index (χ0v) is 11.3. The van der Waals surface area contributed by atoms with E-state index in [1.165, 1.54) is 3.57 Å². The maximum atomic E-state index is 8.77. The molecule has 0 bridgehead atoms. The first-order chi connectivity index (χ1) is 8.29. The van der Waals surface area contributed by atoms with Crippen LogP contribution in [0.25, 0.3) is 0 Å². The van der Waals surface area contributed by atoms with Crippen LogP contribution in [-0.2, 0) is 6.42 Å². The molecule has 0 aliphatic heterocycles. The third-order valence-corrected chi connectivity index (χ3v) is 3.13. The molecule has 0 spiro atoms. The van der Waals surface area contributed by atoms with Gasteiger partial charge in [-0.25, -0.2) is 0 Å². The number of halogens is 1. The molecular formula is C14H11IN2. The number of nitrogens with one attached hydrogen (secondary N) is 1. The van der Waals surface area contributed by atoms with Crippen LogP contribution in [0.3, 0.4) is 0 Å². The van der Waals surface area contributed by atoms with E-state index in [1.54, 1.807) is 0 Å². The summed E-state index contributed by atoms with van der Waals surface area (Å²) in [5.41, 5.74) is 3.06. The molecular weight excluding hydrogens is 323 g/mol. The largest absolute Gasteiger partial charge is 0.355 e. The molecule has 2 aromatic carbocycles. The van der Waals surface area contributed by atoms with Gasteiger partial charge in [0.15, 0.2) is 0 Å². The summed E-state index contributed by atoms with van der Waals surface area (Å²) in [6.07, 6.45) is 0.424. The maximum Gasteiger partial charge on any atom is 0.0670 e. The minimum absolute atomic E-state index is 0.424. The van der Waals surface area contributed by atoms with Gasteiger partial charge in [0.25, 0.3) is 0 Å². The van der Waals surface area contributed by atoms with Crippen LogP contribution in [0, 0.1) is 14.9 Å². The Bertz CT molecular complexity index is 541. The minimum atomic E-state index is 0.424. The smallest absolute Gasteiger partial charge is 0.0670 e. The van der Waals surface area contributed by atoms with Crippen LogP contribution in [0.1, 0.15) is 5.56 Å². The van der Waals surface area contributed by atoms with Crippen LogP contribution in [0.4, 0.5) is 11.4 Å². The topological polar surface area (TPSA) is 35.8 Å². The van der Waals surface area contributed by atoms with E-state index in [-0.39, 0.29) is 0 Å². The molecule has 0 aliphatic carbocycles. The molecule has 2 aromatic rings. The first kappa shape index (κ1) is 11.9. The zero-order chi connectivity index (χ0) is 12.1. The van der Waals surface area contributed by atoms with Crippen molar-refractivity contribution in [1.82, 2.24) is 0 Å². The second-order valence-electron chi connectivity index (χ2n) is 3.62. The first-order valence-corrected chi connectivity index (χ1v) is 6.35. The van der Waals surface area contributed by atoms with Crippen LogP contribution < -0.4 is 5.32 Å². The molecule has 0 unspecified atom stereocenters. The molecule has 0 aliphatic rings. The van der Waals surface area contributed by atoms with E-state index in [9.17, 15) is 0 Å². The van der Waals surface area contributed by atoms with Crippen molar-refractivity contribution in [3.63, 3.8) is 0 Å². The molecule has 0 atom stereocenters. The molecule has 0 saturated heterocycles. The highest BCUT2D eigenvalue weighted by molar-refractivity contribution is 14.1. The van der Waals surface area contributed by atoms with Gasteiger partial charge in [-0.1, -0.05) is 18.2 Å². The zero-order valence-electron chi connectivity index (χ0n) is 9.15. The van der Waals surface area contributed by atoms with Gasteiger partial charge in [0.2, 0.25) is 0 Å². The molecule has 0 fully saturated rings. The van der Waals surface area contributed by atoms with Gasteiger partial charge in [-0.3, -0.25) is 0 Å². The van der Waals surface area contributed by atoms with Crippen molar-refractivity contribution >= 4 is 34.0 Å². The van der Waals surface area contributed by atoms with Crippen molar-refractivity contribution in [1.29, 1.82) is 5.26 Å².